The van der Waals surface area contributed by atoms with Gasteiger partial charge in [-0.3, -0.25) is 14.4 Å². The average Bonchev–Trinajstić information content (AvgIpc) is 2.88. The van der Waals surface area contributed by atoms with E-state index in [1.54, 1.807) is 44.4 Å². The number of hydrogen-bond donors (Lipinski definition) is 0. The first-order valence-corrected chi connectivity index (χ1v) is 11.1. The van der Waals surface area contributed by atoms with Crippen molar-refractivity contribution in [2.75, 3.05) is 27.2 Å². The minimum atomic E-state index is -0.483. The quantitative estimate of drug-likeness (QED) is 0.544. The van der Waals surface area contributed by atoms with Crippen molar-refractivity contribution in [1.82, 2.24) is 10.2 Å². The van der Waals surface area contributed by atoms with Gasteiger partial charge in [0.2, 0.25) is 0 Å². The highest BCUT2D eigenvalue weighted by Gasteiger charge is 2.42. The predicted molar refractivity (Wildman–Crippen MR) is 128 cm³/mol. The third-order valence-electron chi connectivity index (χ3n) is 6.23. The van der Waals surface area contributed by atoms with Gasteiger partial charge in [0.15, 0.2) is 11.6 Å². The first-order chi connectivity index (χ1) is 16.0. The fourth-order valence-electron chi connectivity index (χ4n) is 4.59. The van der Waals surface area contributed by atoms with Crippen LogP contribution in [0.25, 0.3) is 0 Å². The molecule has 0 saturated carbocycles. The number of benzene rings is 3. The van der Waals surface area contributed by atoms with Crippen LogP contribution in [0.1, 0.15) is 42.6 Å². The number of carbonyl (C=O) groups excluding carboxylic acids is 3. The first-order valence-electron chi connectivity index (χ1n) is 11.1. The normalized spacial score (nSPS) is 20.1. The van der Waals surface area contributed by atoms with E-state index in [0.29, 0.717) is 29.8 Å². The Labute approximate surface area is 194 Å². The molecule has 0 N–H and O–H groups in total. The lowest BCUT2D eigenvalue weighted by Crippen LogP contribution is -2.45. The molecule has 0 aromatic heterocycles. The summed E-state index contributed by atoms with van der Waals surface area (Å²) in [6, 6.07) is 25.6. The molecule has 1 saturated heterocycles. The van der Waals surface area contributed by atoms with Gasteiger partial charge in [-0.05, 0) is 17.7 Å². The van der Waals surface area contributed by atoms with E-state index in [-0.39, 0.29) is 23.4 Å². The Hall–Kier alpha value is -3.57. The molecular weight excluding hydrogens is 412 g/mol. The summed E-state index contributed by atoms with van der Waals surface area (Å²) < 4.78 is 0. The second kappa shape index (κ2) is 9.92. The van der Waals surface area contributed by atoms with Crippen LogP contribution in [0.15, 0.2) is 84.9 Å². The number of rotatable bonds is 6. The minimum Gasteiger partial charge on any atom is -0.345 e. The predicted octanol–water partition coefficient (Wildman–Crippen LogP) is 4.09. The SMILES string of the molecule is CN(C)C(=O)c1cccc(C2[C@@H](C(=O)c3ccccc3)C[N]C[C@H]2C(=O)c2ccccc2)c1. The molecule has 1 unspecified atom stereocenters. The standard InChI is InChI=1S/C28H27N2O3/c1-30(2)28(33)22-15-9-14-21(16-22)25-23(26(31)19-10-5-3-6-11-19)17-29-18-24(25)27(32)20-12-7-4-8-13-20/h3-16,23-25H,17-18H2,1-2H3/t23-,24+,25?. The van der Waals surface area contributed by atoms with E-state index in [9.17, 15) is 14.4 Å². The summed E-state index contributed by atoms with van der Waals surface area (Å²) >= 11 is 0. The van der Waals surface area contributed by atoms with E-state index < -0.39 is 11.8 Å². The fraction of sp³-hybridized carbons (Fsp3) is 0.250. The number of Topliss-reactive ketones (excluding diaryl/α,β-unsaturated/α-hetero) is 2. The van der Waals surface area contributed by atoms with Crippen LogP contribution in [0.2, 0.25) is 0 Å². The third kappa shape index (κ3) is 4.78. The van der Waals surface area contributed by atoms with Crippen LogP contribution < -0.4 is 5.32 Å². The molecule has 0 aliphatic carbocycles. The van der Waals surface area contributed by atoms with Gasteiger partial charge >= 0.3 is 0 Å². The average molecular weight is 440 g/mol. The first kappa shape index (κ1) is 22.6. The number of hydrogen-bond acceptors (Lipinski definition) is 3. The maximum atomic E-state index is 13.6. The van der Waals surface area contributed by atoms with E-state index in [1.807, 2.05) is 54.6 Å². The summed E-state index contributed by atoms with van der Waals surface area (Å²) in [4.78, 5) is 41.3. The maximum absolute atomic E-state index is 13.6. The van der Waals surface area contributed by atoms with Crippen LogP contribution in [0, 0.1) is 11.8 Å². The summed E-state index contributed by atoms with van der Waals surface area (Å²) in [5, 5.41) is 4.58. The van der Waals surface area contributed by atoms with Gasteiger partial charge in [0.05, 0.1) is 0 Å². The minimum absolute atomic E-state index is 0.0285. The van der Waals surface area contributed by atoms with Crippen molar-refractivity contribution in [1.29, 1.82) is 0 Å². The molecule has 1 aliphatic rings. The molecular formula is C28H27N2O3. The third-order valence-corrected chi connectivity index (χ3v) is 6.23. The van der Waals surface area contributed by atoms with Gasteiger partial charge in [-0.25, -0.2) is 5.32 Å². The van der Waals surface area contributed by atoms with Gasteiger partial charge in [0.1, 0.15) is 0 Å². The Kier molecular flexibility index (Phi) is 6.80. The van der Waals surface area contributed by atoms with Gasteiger partial charge in [-0.15, -0.1) is 0 Å². The van der Waals surface area contributed by atoms with E-state index in [2.05, 4.69) is 5.32 Å². The lowest BCUT2D eigenvalue weighted by Gasteiger charge is -2.37. The molecule has 4 rings (SSSR count). The Bertz CT molecular complexity index is 1080. The zero-order valence-electron chi connectivity index (χ0n) is 18.8. The smallest absolute Gasteiger partial charge is 0.253 e. The second-order valence-electron chi connectivity index (χ2n) is 8.61. The molecule has 1 amide bonds. The Balaban J connectivity index is 1.79. The van der Waals surface area contributed by atoms with Gasteiger partial charge in [0, 0.05) is 61.6 Å². The van der Waals surface area contributed by atoms with Gasteiger partial charge < -0.3 is 4.90 Å². The van der Waals surface area contributed by atoms with Crippen molar-refractivity contribution in [3.05, 3.63) is 107 Å². The van der Waals surface area contributed by atoms with E-state index in [0.717, 1.165) is 5.56 Å². The number of amides is 1. The van der Waals surface area contributed by atoms with Crippen LogP contribution in [-0.2, 0) is 0 Å². The lowest BCUT2D eigenvalue weighted by molar-refractivity contribution is 0.0765. The van der Waals surface area contributed by atoms with Crippen LogP contribution in [0.5, 0.6) is 0 Å². The highest BCUT2D eigenvalue weighted by atomic mass is 16.2. The highest BCUT2D eigenvalue weighted by Crippen LogP contribution is 2.39. The van der Waals surface area contributed by atoms with Crippen molar-refractivity contribution >= 4 is 17.5 Å². The molecule has 5 heteroatoms. The maximum Gasteiger partial charge on any atom is 0.253 e. The van der Waals surface area contributed by atoms with Crippen molar-refractivity contribution in [3.8, 4) is 0 Å². The molecule has 1 heterocycles. The number of nitrogens with zero attached hydrogens (tertiary/aromatic N) is 2. The molecule has 3 aromatic rings. The van der Waals surface area contributed by atoms with Crippen molar-refractivity contribution in [2.24, 2.45) is 11.8 Å². The van der Waals surface area contributed by atoms with Gasteiger partial charge in [-0.1, -0.05) is 72.8 Å². The molecule has 1 radical (unpaired) electrons. The number of piperidine rings is 1. The molecule has 0 bridgehead atoms. The fourth-order valence-corrected chi connectivity index (χ4v) is 4.59. The van der Waals surface area contributed by atoms with Gasteiger partial charge in [-0.2, -0.15) is 0 Å². The zero-order chi connectivity index (χ0) is 23.4. The summed E-state index contributed by atoms with van der Waals surface area (Å²) in [5.74, 6) is -1.52. The van der Waals surface area contributed by atoms with Crippen molar-refractivity contribution in [3.63, 3.8) is 0 Å². The molecule has 5 nitrogen and oxygen atoms in total. The summed E-state index contributed by atoms with van der Waals surface area (Å²) in [7, 11) is 3.41. The largest absolute Gasteiger partial charge is 0.345 e. The molecule has 3 aromatic carbocycles. The number of carbonyl (C=O) groups is 3. The van der Waals surface area contributed by atoms with Gasteiger partial charge in [0.25, 0.3) is 5.91 Å². The summed E-state index contributed by atoms with van der Waals surface area (Å²) in [6.45, 7) is 0.700. The summed E-state index contributed by atoms with van der Waals surface area (Å²) in [6.07, 6.45) is 0. The summed E-state index contributed by atoms with van der Waals surface area (Å²) in [5.41, 5.74) is 2.57. The number of ketones is 2. The Morgan fingerprint density at radius 2 is 1.18 bits per heavy atom. The van der Waals surface area contributed by atoms with E-state index >= 15 is 0 Å². The molecule has 0 spiro atoms. The molecule has 33 heavy (non-hydrogen) atoms. The highest BCUT2D eigenvalue weighted by molar-refractivity contribution is 6.02. The second-order valence-corrected chi connectivity index (χ2v) is 8.61. The lowest BCUT2D eigenvalue weighted by atomic mass is 9.69. The molecule has 1 aliphatic heterocycles. The topological polar surface area (TPSA) is 68.6 Å². The molecule has 167 valence electrons. The van der Waals surface area contributed by atoms with Crippen molar-refractivity contribution in [2.45, 2.75) is 5.92 Å². The Morgan fingerprint density at radius 1 is 0.697 bits per heavy atom. The van der Waals surface area contributed by atoms with Crippen molar-refractivity contribution < 1.29 is 14.4 Å². The van der Waals surface area contributed by atoms with Crippen LogP contribution in [0.4, 0.5) is 0 Å². The Morgan fingerprint density at radius 3 is 1.67 bits per heavy atom. The van der Waals surface area contributed by atoms with E-state index in [1.165, 1.54) is 4.90 Å². The monoisotopic (exact) mass is 439 g/mol. The zero-order valence-corrected chi connectivity index (χ0v) is 18.8. The molecule has 3 atom stereocenters. The van der Waals surface area contributed by atoms with E-state index in [4.69, 9.17) is 0 Å². The van der Waals surface area contributed by atoms with Crippen LogP contribution >= 0.6 is 0 Å². The van der Waals surface area contributed by atoms with Crippen LogP contribution in [0.3, 0.4) is 0 Å². The molecule has 1 fully saturated rings. The van der Waals surface area contributed by atoms with Crippen LogP contribution in [-0.4, -0.2) is 49.6 Å².